The summed E-state index contributed by atoms with van der Waals surface area (Å²) in [6.07, 6.45) is 0. The van der Waals surface area contributed by atoms with Crippen LogP contribution in [0.3, 0.4) is 0 Å². The monoisotopic (exact) mass is 409 g/mol. The summed E-state index contributed by atoms with van der Waals surface area (Å²) in [6, 6.07) is 47.2. The van der Waals surface area contributed by atoms with Crippen LogP contribution >= 0.6 is 0 Å². The number of para-hydroxylation sites is 1. The fraction of sp³-hybridized carbons (Fsp3) is 0. The van der Waals surface area contributed by atoms with E-state index in [4.69, 9.17) is 0 Å². The molecular weight excluding hydrogens is 385 g/mol. The van der Waals surface area contributed by atoms with E-state index < -0.39 is 0 Å². The molecule has 0 saturated carbocycles. The van der Waals surface area contributed by atoms with Crippen LogP contribution in [-0.2, 0) is 0 Å². The number of benzene rings is 5. The Kier molecular flexibility index (Phi) is 5.85. The smallest absolute Gasteiger partial charge is 0.192 e. The first kappa shape index (κ1) is 19.9. The quantitative estimate of drug-likeness (QED) is 0.332. The van der Waals surface area contributed by atoms with E-state index in [2.05, 4.69) is 121 Å². The minimum atomic E-state index is 0.963. The van der Waals surface area contributed by atoms with Gasteiger partial charge in [0.2, 0.25) is 0 Å². The van der Waals surface area contributed by atoms with E-state index in [1.54, 1.807) is 0 Å². The Balaban J connectivity index is 1.32. The Morgan fingerprint density at radius 1 is 0.375 bits per heavy atom. The molecule has 32 heavy (non-hydrogen) atoms. The topological polar surface area (TPSA) is 12.0 Å². The summed E-state index contributed by atoms with van der Waals surface area (Å²) in [5.74, 6) is 0. The van der Waals surface area contributed by atoms with Crippen molar-refractivity contribution >= 4 is 29.6 Å². The average Bonchev–Trinajstić information content (AvgIpc) is 2.86. The SMILES string of the molecule is B(c1ccccc1)c1ccc(-c2cccc(-c3ccc(Nc4ccccc4)cc3)c2)cc1. The van der Waals surface area contributed by atoms with Gasteiger partial charge >= 0.3 is 0 Å². The van der Waals surface area contributed by atoms with Gasteiger partial charge in [0, 0.05) is 11.4 Å². The van der Waals surface area contributed by atoms with Crippen molar-refractivity contribution < 1.29 is 0 Å². The van der Waals surface area contributed by atoms with Crippen molar-refractivity contribution in [2.45, 2.75) is 0 Å². The number of anilines is 2. The van der Waals surface area contributed by atoms with Crippen LogP contribution in [-0.4, -0.2) is 7.28 Å². The third-order valence-electron chi connectivity index (χ3n) is 5.68. The molecule has 152 valence electrons. The molecule has 0 saturated heterocycles. The van der Waals surface area contributed by atoms with Crippen molar-refractivity contribution in [3.8, 4) is 22.3 Å². The van der Waals surface area contributed by atoms with Crippen molar-refractivity contribution in [1.29, 1.82) is 0 Å². The zero-order valence-corrected chi connectivity index (χ0v) is 17.9. The predicted molar refractivity (Wildman–Crippen MR) is 140 cm³/mol. The molecule has 2 heteroatoms. The van der Waals surface area contributed by atoms with E-state index in [-0.39, 0.29) is 0 Å². The first-order valence-electron chi connectivity index (χ1n) is 11.0. The Bertz CT molecular complexity index is 1180. The molecule has 0 unspecified atom stereocenters. The van der Waals surface area contributed by atoms with E-state index in [1.807, 2.05) is 18.2 Å². The van der Waals surface area contributed by atoms with Gasteiger partial charge in [-0.2, -0.15) is 0 Å². The van der Waals surface area contributed by atoms with E-state index in [9.17, 15) is 0 Å². The summed E-state index contributed by atoms with van der Waals surface area (Å²) in [5.41, 5.74) is 9.77. The lowest BCUT2D eigenvalue weighted by Gasteiger charge is -2.09. The van der Waals surface area contributed by atoms with Crippen LogP contribution in [0.2, 0.25) is 0 Å². The molecular formula is C30H24BN. The summed E-state index contributed by atoms with van der Waals surface area (Å²) < 4.78 is 0. The highest BCUT2D eigenvalue weighted by Gasteiger charge is 2.04. The lowest BCUT2D eigenvalue weighted by molar-refractivity contribution is 1.54. The average molecular weight is 409 g/mol. The van der Waals surface area contributed by atoms with Crippen LogP contribution < -0.4 is 16.2 Å². The van der Waals surface area contributed by atoms with Crippen LogP contribution in [0.4, 0.5) is 11.4 Å². The first-order valence-corrected chi connectivity index (χ1v) is 11.0. The van der Waals surface area contributed by atoms with Crippen molar-refractivity contribution in [2.75, 3.05) is 5.32 Å². The fourth-order valence-electron chi connectivity index (χ4n) is 3.96. The number of nitrogens with one attached hydrogen (secondary N) is 1. The highest BCUT2D eigenvalue weighted by Crippen LogP contribution is 2.27. The van der Waals surface area contributed by atoms with Crippen molar-refractivity contribution in [3.05, 3.63) is 133 Å². The van der Waals surface area contributed by atoms with Crippen LogP contribution in [0.15, 0.2) is 133 Å². The third-order valence-corrected chi connectivity index (χ3v) is 5.68. The van der Waals surface area contributed by atoms with Gasteiger partial charge in [0.1, 0.15) is 0 Å². The van der Waals surface area contributed by atoms with Crippen LogP contribution in [0, 0.1) is 0 Å². The third kappa shape index (κ3) is 4.82. The van der Waals surface area contributed by atoms with Gasteiger partial charge in [-0.15, -0.1) is 0 Å². The van der Waals surface area contributed by atoms with E-state index in [0.717, 1.165) is 18.7 Å². The minimum absolute atomic E-state index is 0.963. The molecule has 5 aromatic rings. The summed E-state index contributed by atoms with van der Waals surface area (Å²) in [6.45, 7) is 0. The predicted octanol–water partition coefficient (Wildman–Crippen LogP) is 6.15. The summed E-state index contributed by atoms with van der Waals surface area (Å²) in [7, 11) is 0.963. The number of rotatable bonds is 6. The second kappa shape index (κ2) is 9.41. The van der Waals surface area contributed by atoms with E-state index >= 15 is 0 Å². The standard InChI is InChI=1S/C30H24BN/c1-3-10-27(11-4-1)31-28-18-14-23(15-19-28)25-8-7-9-26(22-25)24-16-20-30(21-17-24)32-29-12-5-2-6-13-29/h1-22,31-32H. The van der Waals surface area contributed by atoms with Gasteiger partial charge in [-0.3, -0.25) is 0 Å². The van der Waals surface area contributed by atoms with E-state index in [1.165, 1.54) is 33.2 Å². The fourth-order valence-corrected chi connectivity index (χ4v) is 3.96. The molecule has 0 aliphatic carbocycles. The van der Waals surface area contributed by atoms with Gasteiger partial charge in [0.05, 0.1) is 0 Å². The maximum Gasteiger partial charge on any atom is 0.192 e. The number of hydrogen-bond acceptors (Lipinski definition) is 1. The zero-order chi connectivity index (χ0) is 21.6. The van der Waals surface area contributed by atoms with Gasteiger partial charge in [0.15, 0.2) is 7.28 Å². The zero-order valence-electron chi connectivity index (χ0n) is 17.9. The molecule has 0 aliphatic heterocycles. The van der Waals surface area contributed by atoms with Gasteiger partial charge in [-0.1, -0.05) is 114 Å². The molecule has 0 heterocycles. The molecule has 0 aliphatic rings. The highest BCUT2D eigenvalue weighted by molar-refractivity contribution is 6.67. The van der Waals surface area contributed by atoms with Crippen molar-refractivity contribution in [1.82, 2.24) is 0 Å². The Morgan fingerprint density at radius 3 is 1.50 bits per heavy atom. The van der Waals surface area contributed by atoms with Crippen molar-refractivity contribution in [3.63, 3.8) is 0 Å². The summed E-state index contributed by atoms with van der Waals surface area (Å²) in [4.78, 5) is 0. The molecule has 0 fully saturated rings. The maximum absolute atomic E-state index is 3.44. The Hall–Kier alpha value is -4.04. The van der Waals surface area contributed by atoms with Crippen LogP contribution in [0.1, 0.15) is 0 Å². The summed E-state index contributed by atoms with van der Waals surface area (Å²) >= 11 is 0. The molecule has 0 amide bonds. The molecule has 1 nitrogen and oxygen atoms in total. The largest absolute Gasteiger partial charge is 0.356 e. The first-order chi connectivity index (χ1) is 15.8. The van der Waals surface area contributed by atoms with Gasteiger partial charge in [-0.05, 0) is 52.6 Å². The van der Waals surface area contributed by atoms with Gasteiger partial charge < -0.3 is 5.32 Å². The minimum Gasteiger partial charge on any atom is -0.356 e. The van der Waals surface area contributed by atoms with E-state index in [0.29, 0.717) is 0 Å². The molecule has 0 aromatic heterocycles. The van der Waals surface area contributed by atoms with Crippen LogP contribution in [0.25, 0.3) is 22.3 Å². The molecule has 5 rings (SSSR count). The normalized spacial score (nSPS) is 10.5. The molecule has 1 N–H and O–H groups in total. The second-order valence-corrected chi connectivity index (χ2v) is 8.01. The maximum atomic E-state index is 3.44. The molecule has 0 radical (unpaired) electrons. The molecule has 0 bridgehead atoms. The molecule has 0 spiro atoms. The Labute approximate surface area is 190 Å². The second-order valence-electron chi connectivity index (χ2n) is 8.01. The highest BCUT2D eigenvalue weighted by atomic mass is 14.9. The molecule has 0 atom stereocenters. The summed E-state index contributed by atoms with van der Waals surface area (Å²) in [5, 5.41) is 3.44. The van der Waals surface area contributed by atoms with Gasteiger partial charge in [-0.25, -0.2) is 0 Å². The molecule has 5 aromatic carbocycles. The number of hydrogen-bond donors (Lipinski definition) is 1. The van der Waals surface area contributed by atoms with Crippen LogP contribution in [0.5, 0.6) is 0 Å². The Morgan fingerprint density at radius 2 is 0.875 bits per heavy atom. The lowest BCUT2D eigenvalue weighted by Crippen LogP contribution is -2.26. The lowest BCUT2D eigenvalue weighted by atomic mass is 9.64. The van der Waals surface area contributed by atoms with Crippen molar-refractivity contribution in [2.24, 2.45) is 0 Å². The van der Waals surface area contributed by atoms with Gasteiger partial charge in [0.25, 0.3) is 0 Å².